The average molecular weight is 296 g/mol. The number of aromatic nitrogens is 2. The second kappa shape index (κ2) is 5.38. The van der Waals surface area contributed by atoms with Gasteiger partial charge in [-0.2, -0.15) is 0 Å². The smallest absolute Gasteiger partial charge is 0.218 e. The first-order valence-corrected chi connectivity index (χ1v) is 6.75. The molecule has 0 atom stereocenters. The summed E-state index contributed by atoms with van der Waals surface area (Å²) in [5.41, 5.74) is 2.94. The Balaban J connectivity index is 2.03. The number of hydrogen-bond acceptors (Lipinski definition) is 4. The summed E-state index contributed by atoms with van der Waals surface area (Å²) in [6, 6.07) is 7.66. The van der Waals surface area contributed by atoms with Gasteiger partial charge in [0.25, 0.3) is 0 Å². The monoisotopic (exact) mass is 296 g/mol. The topological polar surface area (TPSA) is 65.7 Å². The van der Waals surface area contributed by atoms with Crippen molar-refractivity contribution in [3.05, 3.63) is 40.3 Å². The van der Waals surface area contributed by atoms with E-state index in [1.165, 1.54) is 4.57 Å². The Kier molecular flexibility index (Phi) is 3.42. The first kappa shape index (κ1) is 13.3. The molecule has 0 saturated heterocycles. The normalized spacial score (nSPS) is 14.0. The fourth-order valence-electron chi connectivity index (χ4n) is 2.07. The minimum atomic E-state index is 0.0508. The van der Waals surface area contributed by atoms with Gasteiger partial charge in [-0.3, -0.25) is 4.57 Å². The SMILES string of the molecule is CC#CCn1c(O)c(/C=C2\N=Nc3ccccc32)[nH]c1=S. The second-order valence-electron chi connectivity index (χ2n) is 4.43. The van der Waals surface area contributed by atoms with Crippen molar-refractivity contribution in [2.75, 3.05) is 0 Å². The van der Waals surface area contributed by atoms with Gasteiger partial charge in [0.2, 0.25) is 5.88 Å². The number of azo groups is 1. The summed E-state index contributed by atoms with van der Waals surface area (Å²) in [5, 5.41) is 18.4. The minimum Gasteiger partial charge on any atom is -0.493 e. The number of nitrogens with zero attached hydrogens (tertiary/aromatic N) is 3. The minimum absolute atomic E-state index is 0.0508. The molecule has 0 spiro atoms. The van der Waals surface area contributed by atoms with E-state index in [0.717, 1.165) is 11.3 Å². The van der Waals surface area contributed by atoms with Crippen molar-refractivity contribution in [1.29, 1.82) is 0 Å². The van der Waals surface area contributed by atoms with E-state index in [1.807, 2.05) is 24.3 Å². The number of H-pyrrole nitrogens is 1. The molecule has 104 valence electrons. The van der Waals surface area contributed by atoms with Crippen LogP contribution >= 0.6 is 12.2 Å². The molecule has 21 heavy (non-hydrogen) atoms. The molecule has 2 N–H and O–H groups in total. The van der Waals surface area contributed by atoms with Gasteiger partial charge in [0.15, 0.2) is 4.77 Å². The molecule has 1 aliphatic heterocycles. The van der Waals surface area contributed by atoms with Crippen LogP contribution in [0.1, 0.15) is 18.2 Å². The van der Waals surface area contributed by atoms with E-state index in [0.29, 0.717) is 22.7 Å². The Hall–Kier alpha value is -2.65. The van der Waals surface area contributed by atoms with Gasteiger partial charge in [-0.05, 0) is 31.3 Å². The predicted octanol–water partition coefficient (Wildman–Crippen LogP) is 3.87. The molecule has 0 unspecified atom stereocenters. The van der Waals surface area contributed by atoms with Gasteiger partial charge in [0.05, 0.1) is 17.9 Å². The highest BCUT2D eigenvalue weighted by Gasteiger charge is 2.15. The Morgan fingerprint density at radius 1 is 1.38 bits per heavy atom. The number of hydrogen-bond donors (Lipinski definition) is 2. The summed E-state index contributed by atoms with van der Waals surface area (Å²) in [6.07, 6.45) is 1.73. The molecule has 0 aliphatic carbocycles. The zero-order chi connectivity index (χ0) is 14.8. The van der Waals surface area contributed by atoms with E-state index in [4.69, 9.17) is 12.2 Å². The summed E-state index contributed by atoms with van der Waals surface area (Å²) >= 11 is 5.19. The fraction of sp³-hybridized carbons (Fsp3) is 0.133. The van der Waals surface area contributed by atoms with Crippen LogP contribution in [-0.2, 0) is 6.54 Å². The third kappa shape index (κ3) is 2.39. The van der Waals surface area contributed by atoms with Gasteiger partial charge in [0, 0.05) is 5.56 Å². The fourth-order valence-corrected chi connectivity index (χ4v) is 2.33. The number of benzene rings is 1. The van der Waals surface area contributed by atoms with E-state index >= 15 is 0 Å². The summed E-state index contributed by atoms with van der Waals surface area (Å²) in [6.45, 7) is 2.09. The number of fused-ring (bicyclic) bond motifs is 1. The molecule has 0 radical (unpaired) electrons. The van der Waals surface area contributed by atoms with E-state index in [-0.39, 0.29) is 5.88 Å². The molecule has 1 aromatic carbocycles. The van der Waals surface area contributed by atoms with Gasteiger partial charge in [-0.25, -0.2) is 0 Å². The van der Waals surface area contributed by atoms with Crippen LogP contribution in [0, 0.1) is 16.6 Å². The van der Waals surface area contributed by atoms with Crippen LogP contribution in [0.5, 0.6) is 5.88 Å². The van der Waals surface area contributed by atoms with Crippen LogP contribution in [0.2, 0.25) is 0 Å². The largest absolute Gasteiger partial charge is 0.493 e. The van der Waals surface area contributed by atoms with Crippen LogP contribution in [0.4, 0.5) is 5.69 Å². The van der Waals surface area contributed by atoms with Crippen molar-refractivity contribution in [2.45, 2.75) is 13.5 Å². The Morgan fingerprint density at radius 3 is 3.00 bits per heavy atom. The molecule has 1 aromatic heterocycles. The standard InChI is InChI=1S/C15H12N4OS/c1-2-3-8-19-14(20)13(16-15(19)21)9-12-10-6-4-5-7-11(10)17-18-12/h4-7,9,20H,8H2,1H3,(H,16,21)/b12-9-. The molecule has 2 aromatic rings. The summed E-state index contributed by atoms with van der Waals surface area (Å²) < 4.78 is 1.96. The van der Waals surface area contributed by atoms with Crippen LogP contribution < -0.4 is 0 Å². The molecule has 2 heterocycles. The predicted molar refractivity (Wildman–Crippen MR) is 83.6 cm³/mol. The molecular weight excluding hydrogens is 284 g/mol. The summed E-state index contributed by atoms with van der Waals surface area (Å²) in [4.78, 5) is 2.96. The zero-order valence-corrected chi connectivity index (χ0v) is 12.1. The molecule has 1 aliphatic rings. The maximum atomic E-state index is 10.2. The van der Waals surface area contributed by atoms with Crippen LogP contribution in [-0.4, -0.2) is 14.7 Å². The van der Waals surface area contributed by atoms with Crippen LogP contribution in [0.3, 0.4) is 0 Å². The van der Waals surface area contributed by atoms with Crippen molar-refractivity contribution < 1.29 is 5.11 Å². The number of imidazole rings is 1. The zero-order valence-electron chi connectivity index (χ0n) is 11.3. The molecular formula is C15H12N4OS. The molecule has 0 saturated carbocycles. The third-order valence-corrected chi connectivity index (χ3v) is 3.45. The molecule has 0 amide bonds. The molecule has 5 nitrogen and oxygen atoms in total. The first-order valence-electron chi connectivity index (χ1n) is 6.35. The quantitative estimate of drug-likeness (QED) is 0.652. The Morgan fingerprint density at radius 2 is 2.19 bits per heavy atom. The van der Waals surface area contributed by atoms with Gasteiger partial charge in [-0.1, -0.05) is 24.1 Å². The van der Waals surface area contributed by atoms with Crippen molar-refractivity contribution in [3.8, 4) is 17.7 Å². The number of aromatic amines is 1. The maximum Gasteiger partial charge on any atom is 0.218 e. The van der Waals surface area contributed by atoms with Crippen molar-refractivity contribution in [1.82, 2.24) is 9.55 Å². The lowest BCUT2D eigenvalue weighted by Gasteiger charge is -1.99. The Labute approximate surface area is 126 Å². The number of aromatic hydroxyl groups is 1. The summed E-state index contributed by atoms with van der Waals surface area (Å²) in [7, 11) is 0. The number of nitrogens with one attached hydrogen (secondary N) is 1. The molecule has 0 bridgehead atoms. The van der Waals surface area contributed by atoms with E-state index < -0.39 is 0 Å². The van der Waals surface area contributed by atoms with Crippen molar-refractivity contribution in [2.24, 2.45) is 10.2 Å². The Bertz CT molecular complexity index is 877. The van der Waals surface area contributed by atoms with Crippen molar-refractivity contribution >= 4 is 29.7 Å². The van der Waals surface area contributed by atoms with E-state index in [9.17, 15) is 5.11 Å². The van der Waals surface area contributed by atoms with Gasteiger partial charge >= 0.3 is 0 Å². The van der Waals surface area contributed by atoms with E-state index in [1.54, 1.807) is 13.0 Å². The molecule has 6 heteroatoms. The second-order valence-corrected chi connectivity index (χ2v) is 4.81. The first-order chi connectivity index (χ1) is 10.2. The lowest BCUT2D eigenvalue weighted by atomic mass is 10.1. The summed E-state index contributed by atoms with van der Waals surface area (Å²) in [5.74, 6) is 5.70. The van der Waals surface area contributed by atoms with Crippen LogP contribution in [0.15, 0.2) is 34.5 Å². The van der Waals surface area contributed by atoms with E-state index in [2.05, 4.69) is 27.1 Å². The van der Waals surface area contributed by atoms with Gasteiger partial charge < -0.3 is 10.1 Å². The lowest BCUT2D eigenvalue weighted by Crippen LogP contribution is -1.94. The van der Waals surface area contributed by atoms with Crippen molar-refractivity contribution in [3.63, 3.8) is 0 Å². The molecule has 0 fully saturated rings. The maximum absolute atomic E-state index is 10.2. The third-order valence-electron chi connectivity index (χ3n) is 3.12. The van der Waals surface area contributed by atoms with Gasteiger partial charge in [-0.15, -0.1) is 16.1 Å². The van der Waals surface area contributed by atoms with Crippen LogP contribution in [0.25, 0.3) is 11.8 Å². The highest BCUT2D eigenvalue weighted by Crippen LogP contribution is 2.36. The number of rotatable bonds is 2. The van der Waals surface area contributed by atoms with Gasteiger partial charge in [0.1, 0.15) is 5.69 Å². The average Bonchev–Trinajstić information content (AvgIpc) is 3.01. The highest BCUT2D eigenvalue weighted by molar-refractivity contribution is 7.71. The highest BCUT2D eigenvalue weighted by atomic mass is 32.1. The molecule has 3 rings (SSSR count). The lowest BCUT2D eigenvalue weighted by molar-refractivity contribution is 0.425.